The molecular formula is C26H27F7N2O. The molecule has 1 fully saturated rings. The number of rotatable bonds is 3. The third kappa shape index (κ3) is 5.84. The lowest BCUT2D eigenvalue weighted by molar-refractivity contribution is -0.143. The third-order valence-corrected chi connectivity index (χ3v) is 6.73. The molecule has 0 aliphatic carbocycles. The maximum absolute atomic E-state index is 13.7. The van der Waals surface area contributed by atoms with Crippen molar-refractivity contribution in [2.45, 2.75) is 58.0 Å². The quantitative estimate of drug-likeness (QED) is 0.299. The lowest BCUT2D eigenvalue weighted by Gasteiger charge is -2.41. The zero-order valence-corrected chi connectivity index (χ0v) is 20.3. The maximum atomic E-state index is 13.7. The van der Waals surface area contributed by atoms with Crippen molar-refractivity contribution < 1.29 is 35.5 Å². The lowest BCUT2D eigenvalue weighted by atomic mass is 9.89. The molecule has 0 spiro atoms. The molecule has 1 saturated heterocycles. The summed E-state index contributed by atoms with van der Waals surface area (Å²) in [4.78, 5) is 16.2. The average molecular weight is 517 g/mol. The summed E-state index contributed by atoms with van der Waals surface area (Å²) >= 11 is 0. The number of likely N-dealkylation sites (tertiary alicyclic amines) is 1. The van der Waals surface area contributed by atoms with Crippen LogP contribution in [0.25, 0.3) is 0 Å². The second-order valence-electron chi connectivity index (χ2n) is 9.02. The Kier molecular flexibility index (Phi) is 7.76. The van der Waals surface area contributed by atoms with E-state index in [-0.39, 0.29) is 11.6 Å². The van der Waals surface area contributed by atoms with Gasteiger partial charge in [0, 0.05) is 13.6 Å². The topological polar surface area (TPSA) is 23.6 Å². The summed E-state index contributed by atoms with van der Waals surface area (Å²) in [5, 5.41) is 0. The van der Waals surface area contributed by atoms with Crippen LogP contribution in [0.15, 0.2) is 48.0 Å². The molecule has 2 amide bonds. The molecule has 0 N–H and O–H groups in total. The highest BCUT2D eigenvalue weighted by molar-refractivity contribution is 5.76. The Balaban J connectivity index is 1.98. The molecular weight excluding hydrogens is 489 g/mol. The van der Waals surface area contributed by atoms with Crippen molar-refractivity contribution in [3.8, 4) is 0 Å². The first-order valence-electron chi connectivity index (χ1n) is 11.4. The Labute approximate surface area is 205 Å². The summed E-state index contributed by atoms with van der Waals surface area (Å²) in [6.45, 7) is 5.28. The predicted octanol–water partition coefficient (Wildman–Crippen LogP) is 8.07. The van der Waals surface area contributed by atoms with E-state index in [2.05, 4.69) is 0 Å². The Hall–Kier alpha value is -3.04. The first kappa shape index (κ1) is 27.5. The summed E-state index contributed by atoms with van der Waals surface area (Å²) in [5.74, 6) is -0.424. The van der Waals surface area contributed by atoms with Gasteiger partial charge in [-0.3, -0.25) is 0 Å². The number of allylic oxidation sites excluding steroid dienone is 1. The largest absolute Gasteiger partial charge is 0.416 e. The highest BCUT2D eigenvalue weighted by Crippen LogP contribution is 2.40. The molecule has 2 atom stereocenters. The van der Waals surface area contributed by atoms with Gasteiger partial charge in [0.25, 0.3) is 0 Å². The van der Waals surface area contributed by atoms with Crippen LogP contribution in [0.2, 0.25) is 0 Å². The van der Waals surface area contributed by atoms with E-state index >= 15 is 0 Å². The van der Waals surface area contributed by atoms with Crippen molar-refractivity contribution in [2.24, 2.45) is 0 Å². The third-order valence-electron chi connectivity index (χ3n) is 6.73. The van der Waals surface area contributed by atoms with Crippen LogP contribution in [0, 0.1) is 12.7 Å². The number of nitrogens with zero attached hydrogens (tertiary/aromatic N) is 2. The van der Waals surface area contributed by atoms with E-state index in [1.807, 2.05) is 13.0 Å². The average Bonchev–Trinajstić information content (AvgIpc) is 2.81. The standard InChI is InChI=1S/C26H27F7N2O/c1-5-17-8-9-35(23(11-17)22-7-6-21(27)10-15(22)2)24(36)34(4)16(3)18-12-19(25(28,29)30)14-20(13-18)26(31,32)33/h5-7,10,12-14,16,23H,8-9,11H2,1-4H3/b17-5+. The Bertz CT molecular complexity index is 1120. The molecule has 0 saturated carbocycles. The van der Waals surface area contributed by atoms with E-state index in [0.29, 0.717) is 37.1 Å². The minimum Gasteiger partial charge on any atom is -0.321 e. The van der Waals surface area contributed by atoms with Gasteiger partial charge in [0.1, 0.15) is 5.82 Å². The molecule has 196 valence electrons. The van der Waals surface area contributed by atoms with Crippen LogP contribution in [-0.2, 0) is 12.4 Å². The second-order valence-corrected chi connectivity index (χ2v) is 9.02. The molecule has 0 aromatic heterocycles. The molecule has 3 rings (SSSR count). The van der Waals surface area contributed by atoms with Gasteiger partial charge in [-0.1, -0.05) is 17.7 Å². The highest BCUT2D eigenvalue weighted by atomic mass is 19.4. The van der Waals surface area contributed by atoms with Gasteiger partial charge < -0.3 is 9.80 Å². The molecule has 2 aromatic carbocycles. The van der Waals surface area contributed by atoms with E-state index in [1.165, 1.54) is 26.1 Å². The van der Waals surface area contributed by atoms with Crippen molar-refractivity contribution in [3.05, 3.63) is 81.7 Å². The number of alkyl halides is 6. The number of amides is 2. The van der Waals surface area contributed by atoms with Gasteiger partial charge in [0.15, 0.2) is 0 Å². The molecule has 2 unspecified atom stereocenters. The number of benzene rings is 2. The first-order chi connectivity index (χ1) is 16.6. The molecule has 10 heteroatoms. The summed E-state index contributed by atoms with van der Waals surface area (Å²) < 4.78 is 93.7. The van der Waals surface area contributed by atoms with Crippen LogP contribution >= 0.6 is 0 Å². The van der Waals surface area contributed by atoms with Crippen LogP contribution in [0.1, 0.15) is 66.6 Å². The SMILES string of the molecule is C/C=C1\CCN(C(=O)N(C)C(C)c2cc(C(F)(F)F)cc(C(F)(F)F)c2)C(c2ccc(F)cc2C)C1. The van der Waals surface area contributed by atoms with Gasteiger partial charge >= 0.3 is 18.4 Å². The molecule has 1 heterocycles. The maximum Gasteiger partial charge on any atom is 0.416 e. The minimum absolute atomic E-state index is 0.0641. The van der Waals surface area contributed by atoms with Gasteiger partial charge in [0.2, 0.25) is 0 Å². The fourth-order valence-corrected chi connectivity index (χ4v) is 4.47. The Morgan fingerprint density at radius 3 is 2.14 bits per heavy atom. The number of hydrogen-bond donors (Lipinski definition) is 0. The number of carbonyl (C=O) groups excluding carboxylic acids is 1. The van der Waals surface area contributed by atoms with Gasteiger partial charge in [-0.15, -0.1) is 0 Å². The van der Waals surface area contributed by atoms with Gasteiger partial charge in [0.05, 0.1) is 23.2 Å². The molecule has 1 aliphatic heterocycles. The van der Waals surface area contributed by atoms with Crippen LogP contribution in [0.4, 0.5) is 35.5 Å². The van der Waals surface area contributed by atoms with Gasteiger partial charge in [-0.05, 0) is 80.6 Å². The Morgan fingerprint density at radius 2 is 1.64 bits per heavy atom. The van der Waals surface area contributed by atoms with E-state index in [1.54, 1.807) is 17.9 Å². The number of hydrogen-bond acceptors (Lipinski definition) is 1. The van der Waals surface area contributed by atoms with Crippen LogP contribution in [-0.4, -0.2) is 29.4 Å². The Morgan fingerprint density at radius 1 is 1.06 bits per heavy atom. The number of carbonyl (C=O) groups is 1. The fraction of sp³-hybridized carbons (Fsp3) is 0.423. The normalized spacial score (nSPS) is 18.9. The summed E-state index contributed by atoms with van der Waals surface area (Å²) in [7, 11) is 1.35. The van der Waals surface area contributed by atoms with Gasteiger partial charge in [-0.2, -0.15) is 26.3 Å². The minimum atomic E-state index is -4.99. The smallest absolute Gasteiger partial charge is 0.321 e. The molecule has 2 aromatic rings. The molecule has 0 bridgehead atoms. The monoisotopic (exact) mass is 516 g/mol. The van der Waals surface area contributed by atoms with Gasteiger partial charge in [-0.25, -0.2) is 9.18 Å². The summed E-state index contributed by atoms with van der Waals surface area (Å²) in [6.07, 6.45) is -6.97. The van der Waals surface area contributed by atoms with Crippen LogP contribution in [0.5, 0.6) is 0 Å². The predicted molar refractivity (Wildman–Crippen MR) is 122 cm³/mol. The van der Waals surface area contributed by atoms with Crippen molar-refractivity contribution in [1.82, 2.24) is 9.80 Å². The van der Waals surface area contributed by atoms with Crippen molar-refractivity contribution >= 4 is 6.03 Å². The fourth-order valence-electron chi connectivity index (χ4n) is 4.47. The van der Waals surface area contributed by atoms with E-state index < -0.39 is 47.4 Å². The zero-order chi connectivity index (χ0) is 27.0. The second kappa shape index (κ2) is 10.1. The zero-order valence-electron chi connectivity index (χ0n) is 20.3. The highest BCUT2D eigenvalue weighted by Gasteiger charge is 2.39. The number of urea groups is 1. The van der Waals surface area contributed by atoms with Crippen molar-refractivity contribution in [2.75, 3.05) is 13.6 Å². The summed E-state index contributed by atoms with van der Waals surface area (Å²) in [6, 6.07) is 3.50. The van der Waals surface area contributed by atoms with E-state index in [0.717, 1.165) is 16.0 Å². The molecule has 3 nitrogen and oxygen atoms in total. The first-order valence-corrected chi connectivity index (χ1v) is 11.4. The molecule has 0 radical (unpaired) electrons. The number of piperidine rings is 1. The van der Waals surface area contributed by atoms with Crippen LogP contribution in [0.3, 0.4) is 0 Å². The van der Waals surface area contributed by atoms with Crippen molar-refractivity contribution in [1.29, 1.82) is 0 Å². The lowest BCUT2D eigenvalue weighted by Crippen LogP contribution is -2.46. The number of halogens is 7. The summed E-state index contributed by atoms with van der Waals surface area (Å²) in [5.41, 5.74) is -0.697. The van der Waals surface area contributed by atoms with E-state index in [9.17, 15) is 35.5 Å². The van der Waals surface area contributed by atoms with E-state index in [4.69, 9.17) is 0 Å². The van der Waals surface area contributed by atoms with Crippen LogP contribution < -0.4 is 0 Å². The molecule has 1 aliphatic rings. The molecule has 36 heavy (non-hydrogen) atoms. The van der Waals surface area contributed by atoms with Crippen molar-refractivity contribution in [3.63, 3.8) is 0 Å². The number of aryl methyl sites for hydroxylation is 1.